The first-order valence-electron chi connectivity index (χ1n) is 8.41. The molecule has 0 saturated heterocycles. The maximum Gasteiger partial charge on any atom is 0.273 e. The van der Waals surface area contributed by atoms with E-state index in [-0.39, 0.29) is 24.3 Å². The third-order valence-electron chi connectivity index (χ3n) is 4.36. The fraction of sp³-hybridized carbons (Fsp3) is 0.250. The van der Waals surface area contributed by atoms with Gasteiger partial charge in [0.1, 0.15) is 23.0 Å². The monoisotopic (exact) mass is 370 g/mol. The minimum absolute atomic E-state index is 0.254. The van der Waals surface area contributed by atoms with Crippen molar-refractivity contribution in [1.82, 2.24) is 5.32 Å². The number of fused-ring (bicyclic) bond motifs is 1. The summed E-state index contributed by atoms with van der Waals surface area (Å²) in [7, 11) is 3.08. The smallest absolute Gasteiger partial charge is 0.273 e. The second kappa shape index (κ2) is 7.99. The van der Waals surface area contributed by atoms with E-state index < -0.39 is 5.82 Å². The number of nitrogens with zero attached hydrogens (tertiary/aromatic N) is 1. The van der Waals surface area contributed by atoms with Crippen molar-refractivity contribution in [3.05, 3.63) is 71.0 Å². The number of nitrogens with one attached hydrogen (secondary N) is 1. The Bertz CT molecular complexity index is 882. The number of hydrogen-bond acceptors (Lipinski definition) is 4. The molecule has 1 aromatic carbocycles. The van der Waals surface area contributed by atoms with E-state index in [0.717, 1.165) is 0 Å². The highest BCUT2D eigenvalue weighted by Gasteiger charge is 2.32. The van der Waals surface area contributed by atoms with E-state index in [1.165, 1.54) is 31.4 Å². The molecule has 7 heteroatoms. The first kappa shape index (κ1) is 18.6. The summed E-state index contributed by atoms with van der Waals surface area (Å²) < 4.78 is 23.6. The SMILES string of the molecule is COC1=CC=C(OC)C2C=C(CCNC(=O)c3ccc(F)cc3)C(=O)N=C12. The Kier molecular flexibility index (Phi) is 5.49. The van der Waals surface area contributed by atoms with Crippen LogP contribution in [0.1, 0.15) is 16.8 Å². The third-order valence-corrected chi connectivity index (χ3v) is 4.36. The molecule has 0 spiro atoms. The number of hydrogen-bond donors (Lipinski definition) is 1. The molecular weight excluding hydrogens is 351 g/mol. The molecule has 1 unspecified atom stereocenters. The van der Waals surface area contributed by atoms with Crippen molar-refractivity contribution >= 4 is 17.5 Å². The van der Waals surface area contributed by atoms with Crippen molar-refractivity contribution < 1.29 is 23.5 Å². The van der Waals surface area contributed by atoms with Gasteiger partial charge in [-0.2, -0.15) is 0 Å². The van der Waals surface area contributed by atoms with E-state index in [1.807, 2.05) is 0 Å². The second-order valence-corrected chi connectivity index (χ2v) is 5.99. The number of halogens is 1. The number of benzene rings is 1. The zero-order valence-electron chi connectivity index (χ0n) is 15.0. The van der Waals surface area contributed by atoms with E-state index in [1.54, 1.807) is 25.3 Å². The third kappa shape index (κ3) is 3.97. The van der Waals surface area contributed by atoms with Gasteiger partial charge in [0.05, 0.1) is 20.1 Å². The van der Waals surface area contributed by atoms with E-state index in [2.05, 4.69) is 10.3 Å². The lowest BCUT2D eigenvalue weighted by atomic mass is 9.89. The molecule has 2 aliphatic rings. The van der Waals surface area contributed by atoms with Crippen molar-refractivity contribution in [2.45, 2.75) is 6.42 Å². The van der Waals surface area contributed by atoms with Crippen LogP contribution in [0.3, 0.4) is 0 Å². The first-order valence-corrected chi connectivity index (χ1v) is 8.41. The van der Waals surface area contributed by atoms with Crippen molar-refractivity contribution in [2.75, 3.05) is 20.8 Å². The lowest BCUT2D eigenvalue weighted by Crippen LogP contribution is -2.30. The average Bonchev–Trinajstić information content (AvgIpc) is 2.68. The Morgan fingerprint density at radius 3 is 2.59 bits per heavy atom. The highest BCUT2D eigenvalue weighted by Crippen LogP contribution is 2.30. The molecule has 0 radical (unpaired) electrons. The lowest BCUT2D eigenvalue weighted by Gasteiger charge is -2.26. The number of methoxy groups -OCH3 is 2. The fourth-order valence-corrected chi connectivity index (χ4v) is 2.95. The summed E-state index contributed by atoms with van der Waals surface area (Å²) in [5, 5.41) is 2.72. The summed E-state index contributed by atoms with van der Waals surface area (Å²) in [4.78, 5) is 28.5. The van der Waals surface area contributed by atoms with Crippen LogP contribution in [0.25, 0.3) is 0 Å². The topological polar surface area (TPSA) is 77.0 Å². The van der Waals surface area contributed by atoms with Crippen molar-refractivity contribution in [3.63, 3.8) is 0 Å². The molecule has 0 bridgehead atoms. The Balaban J connectivity index is 1.66. The van der Waals surface area contributed by atoms with E-state index in [0.29, 0.717) is 34.8 Å². The lowest BCUT2D eigenvalue weighted by molar-refractivity contribution is -0.114. The van der Waals surface area contributed by atoms with Gasteiger partial charge >= 0.3 is 0 Å². The van der Waals surface area contributed by atoms with Gasteiger partial charge in [0, 0.05) is 17.7 Å². The van der Waals surface area contributed by atoms with Crippen molar-refractivity contribution in [2.24, 2.45) is 10.9 Å². The average molecular weight is 370 g/mol. The normalized spacial score (nSPS) is 18.5. The molecule has 140 valence electrons. The van der Waals surface area contributed by atoms with Gasteiger partial charge < -0.3 is 14.8 Å². The summed E-state index contributed by atoms with van der Waals surface area (Å²) in [5.74, 6) is -0.211. The standard InChI is InChI=1S/C20H19FN2O4/c1-26-16-7-8-17(27-2)18-15(16)11-13(20(25)23-18)9-10-22-19(24)12-3-5-14(21)6-4-12/h3-8,11,15H,9-10H2,1-2H3,(H,22,24). The van der Waals surface area contributed by atoms with Gasteiger partial charge in [0.25, 0.3) is 11.8 Å². The summed E-state index contributed by atoms with van der Waals surface area (Å²) in [6, 6.07) is 5.26. The molecule has 1 aliphatic carbocycles. The highest BCUT2D eigenvalue weighted by molar-refractivity contribution is 6.15. The quantitative estimate of drug-likeness (QED) is 0.835. The summed E-state index contributed by atoms with van der Waals surface area (Å²) in [6.07, 6.45) is 5.60. The van der Waals surface area contributed by atoms with E-state index in [4.69, 9.17) is 9.47 Å². The van der Waals surface area contributed by atoms with Crippen molar-refractivity contribution in [3.8, 4) is 0 Å². The number of dihydropyridines is 1. The molecule has 0 aromatic heterocycles. The zero-order valence-corrected chi connectivity index (χ0v) is 15.0. The molecule has 1 heterocycles. The summed E-state index contributed by atoms with van der Waals surface area (Å²) in [6.45, 7) is 0.254. The van der Waals surface area contributed by atoms with E-state index in [9.17, 15) is 14.0 Å². The number of carbonyl (C=O) groups is 2. The number of carbonyl (C=O) groups excluding carboxylic acids is 2. The molecule has 0 fully saturated rings. The number of aliphatic imine (C=N–C) groups is 1. The minimum atomic E-state index is -0.405. The minimum Gasteiger partial charge on any atom is -0.500 e. The van der Waals surface area contributed by atoms with Crippen LogP contribution in [0.4, 0.5) is 4.39 Å². The number of rotatable bonds is 6. The van der Waals surface area contributed by atoms with Crippen LogP contribution < -0.4 is 5.32 Å². The van der Waals surface area contributed by atoms with Crippen LogP contribution in [0.15, 0.2) is 64.6 Å². The number of allylic oxidation sites excluding steroid dienone is 4. The van der Waals surface area contributed by atoms with Crippen LogP contribution >= 0.6 is 0 Å². The molecule has 1 atom stereocenters. The predicted molar refractivity (Wildman–Crippen MR) is 97.5 cm³/mol. The first-order chi connectivity index (χ1) is 13.0. The van der Waals surface area contributed by atoms with Crippen molar-refractivity contribution in [1.29, 1.82) is 0 Å². The maximum atomic E-state index is 12.9. The molecule has 1 N–H and O–H groups in total. The Morgan fingerprint density at radius 2 is 1.93 bits per heavy atom. The van der Waals surface area contributed by atoms with E-state index >= 15 is 0 Å². The second-order valence-electron chi connectivity index (χ2n) is 5.99. The summed E-state index contributed by atoms with van der Waals surface area (Å²) >= 11 is 0. The van der Waals surface area contributed by atoms with Crippen LogP contribution in [0.5, 0.6) is 0 Å². The molecular formula is C20H19FN2O4. The molecule has 6 nitrogen and oxygen atoms in total. The summed E-state index contributed by atoms with van der Waals surface area (Å²) in [5.41, 5.74) is 1.36. The Labute approximate surface area is 156 Å². The van der Waals surface area contributed by atoms with Gasteiger partial charge in [-0.25, -0.2) is 9.38 Å². The molecule has 1 aliphatic heterocycles. The van der Waals surface area contributed by atoms with Gasteiger partial charge in [0.15, 0.2) is 0 Å². The van der Waals surface area contributed by atoms with Gasteiger partial charge in [0.2, 0.25) is 0 Å². The fourth-order valence-electron chi connectivity index (χ4n) is 2.95. The van der Waals surface area contributed by atoms with Crippen LogP contribution in [0, 0.1) is 11.7 Å². The largest absolute Gasteiger partial charge is 0.500 e. The highest BCUT2D eigenvalue weighted by atomic mass is 19.1. The number of ether oxygens (including phenoxy) is 2. The van der Waals surface area contributed by atoms with Gasteiger partial charge in [-0.05, 0) is 42.8 Å². The Hall–Kier alpha value is -3.22. The maximum absolute atomic E-state index is 12.9. The Morgan fingerprint density at radius 1 is 1.19 bits per heavy atom. The van der Waals surface area contributed by atoms with Crippen LogP contribution in [0.2, 0.25) is 0 Å². The zero-order chi connectivity index (χ0) is 19.4. The molecule has 27 heavy (non-hydrogen) atoms. The number of amides is 2. The molecule has 2 amide bonds. The molecule has 1 aromatic rings. The van der Waals surface area contributed by atoms with Gasteiger partial charge in [-0.15, -0.1) is 0 Å². The predicted octanol–water partition coefficient (Wildman–Crippen LogP) is 2.54. The van der Waals surface area contributed by atoms with Crippen LogP contribution in [-0.4, -0.2) is 38.3 Å². The van der Waals surface area contributed by atoms with Crippen LogP contribution in [-0.2, 0) is 14.3 Å². The molecule has 0 saturated carbocycles. The van der Waals surface area contributed by atoms with Gasteiger partial charge in [-0.3, -0.25) is 9.59 Å². The van der Waals surface area contributed by atoms with Gasteiger partial charge in [-0.1, -0.05) is 6.08 Å². The molecule has 3 rings (SSSR count).